The van der Waals surface area contributed by atoms with Crippen LogP contribution in [-0.4, -0.2) is 5.54 Å². The molecule has 1 nitrogen and oxygen atoms in total. The Kier molecular flexibility index (Phi) is 5.65. The lowest BCUT2D eigenvalue weighted by Crippen LogP contribution is -2.44. The fourth-order valence-corrected chi connectivity index (χ4v) is 3.91. The second kappa shape index (κ2) is 7.26. The first-order chi connectivity index (χ1) is 9.57. The Hall–Kier alpha value is -0.820. The second-order valence-corrected chi connectivity index (χ2v) is 7.29. The van der Waals surface area contributed by atoms with E-state index in [1.54, 1.807) is 0 Å². The predicted octanol–water partition coefficient (Wildman–Crippen LogP) is 4.94. The summed E-state index contributed by atoms with van der Waals surface area (Å²) in [5.41, 5.74) is 8.26. The largest absolute Gasteiger partial charge is 0.325 e. The molecular formula is C19H31N. The molecule has 0 bridgehead atoms. The van der Waals surface area contributed by atoms with Crippen LogP contribution in [0.5, 0.6) is 0 Å². The number of nitrogens with two attached hydrogens (primary N) is 1. The standard InChI is InChI=1S/C19H31N/c1-16(2)14-18-11-7-13-19(20,15-18)12-6-10-17-8-4-3-5-9-17/h3-5,8-9,16,18H,6-7,10-15,20H2,1-2H3. The summed E-state index contributed by atoms with van der Waals surface area (Å²) in [6.07, 6.45) is 10.2. The van der Waals surface area contributed by atoms with Gasteiger partial charge in [-0.2, -0.15) is 0 Å². The molecular weight excluding hydrogens is 242 g/mol. The van der Waals surface area contributed by atoms with Gasteiger partial charge in [0, 0.05) is 5.54 Å². The molecule has 112 valence electrons. The van der Waals surface area contributed by atoms with Gasteiger partial charge in [-0.1, -0.05) is 57.0 Å². The molecule has 1 saturated carbocycles. The lowest BCUT2D eigenvalue weighted by atomic mass is 9.71. The molecule has 2 unspecified atom stereocenters. The predicted molar refractivity (Wildman–Crippen MR) is 87.7 cm³/mol. The van der Waals surface area contributed by atoms with E-state index in [0.717, 1.165) is 11.8 Å². The van der Waals surface area contributed by atoms with Crippen molar-refractivity contribution in [3.05, 3.63) is 35.9 Å². The number of benzene rings is 1. The Labute approximate surface area is 125 Å². The Balaban J connectivity index is 1.78. The van der Waals surface area contributed by atoms with Gasteiger partial charge >= 0.3 is 0 Å². The van der Waals surface area contributed by atoms with Gasteiger partial charge in [0.05, 0.1) is 0 Å². The molecule has 0 aromatic heterocycles. The van der Waals surface area contributed by atoms with Gasteiger partial charge in [-0.05, 0) is 55.9 Å². The SMILES string of the molecule is CC(C)CC1CCCC(N)(CCCc2ccccc2)C1. The first kappa shape index (κ1) is 15.6. The summed E-state index contributed by atoms with van der Waals surface area (Å²) in [6.45, 7) is 4.67. The van der Waals surface area contributed by atoms with Crippen LogP contribution in [0, 0.1) is 11.8 Å². The smallest absolute Gasteiger partial charge is 0.0157 e. The highest BCUT2D eigenvalue weighted by Crippen LogP contribution is 2.37. The van der Waals surface area contributed by atoms with Crippen LogP contribution in [0.25, 0.3) is 0 Å². The Morgan fingerprint density at radius 3 is 2.70 bits per heavy atom. The minimum Gasteiger partial charge on any atom is -0.325 e. The number of rotatable bonds is 6. The maximum Gasteiger partial charge on any atom is 0.0157 e. The monoisotopic (exact) mass is 273 g/mol. The molecule has 2 N–H and O–H groups in total. The zero-order valence-electron chi connectivity index (χ0n) is 13.3. The molecule has 0 heterocycles. The highest BCUT2D eigenvalue weighted by atomic mass is 14.7. The average Bonchev–Trinajstić information content (AvgIpc) is 2.39. The molecule has 1 heteroatoms. The zero-order chi connectivity index (χ0) is 14.4. The summed E-state index contributed by atoms with van der Waals surface area (Å²) < 4.78 is 0. The highest BCUT2D eigenvalue weighted by molar-refractivity contribution is 5.14. The fraction of sp³-hybridized carbons (Fsp3) is 0.684. The topological polar surface area (TPSA) is 26.0 Å². The van der Waals surface area contributed by atoms with Crippen molar-refractivity contribution in [2.24, 2.45) is 17.6 Å². The van der Waals surface area contributed by atoms with Gasteiger partial charge in [-0.25, -0.2) is 0 Å². The lowest BCUT2D eigenvalue weighted by Gasteiger charge is -2.39. The van der Waals surface area contributed by atoms with E-state index in [0.29, 0.717) is 0 Å². The van der Waals surface area contributed by atoms with Crippen molar-refractivity contribution in [3.8, 4) is 0 Å². The van der Waals surface area contributed by atoms with E-state index in [4.69, 9.17) is 5.73 Å². The van der Waals surface area contributed by atoms with E-state index in [9.17, 15) is 0 Å². The molecule has 20 heavy (non-hydrogen) atoms. The van der Waals surface area contributed by atoms with Crippen molar-refractivity contribution in [1.29, 1.82) is 0 Å². The minimum absolute atomic E-state index is 0.118. The third kappa shape index (κ3) is 4.94. The van der Waals surface area contributed by atoms with Crippen molar-refractivity contribution < 1.29 is 0 Å². The molecule has 0 amide bonds. The molecule has 0 spiro atoms. The summed E-state index contributed by atoms with van der Waals surface area (Å²) in [5.74, 6) is 1.68. The molecule has 0 saturated heterocycles. The maximum absolute atomic E-state index is 6.69. The fourth-order valence-electron chi connectivity index (χ4n) is 3.91. The number of hydrogen-bond donors (Lipinski definition) is 1. The third-order valence-electron chi connectivity index (χ3n) is 4.77. The first-order valence-corrected chi connectivity index (χ1v) is 8.40. The van der Waals surface area contributed by atoms with Crippen LogP contribution >= 0.6 is 0 Å². The van der Waals surface area contributed by atoms with Crippen LogP contribution < -0.4 is 5.73 Å². The van der Waals surface area contributed by atoms with Gasteiger partial charge in [-0.15, -0.1) is 0 Å². The molecule has 1 aromatic carbocycles. The molecule has 2 atom stereocenters. The molecule has 1 aromatic rings. The molecule has 1 aliphatic carbocycles. The number of aryl methyl sites for hydroxylation is 1. The van der Waals surface area contributed by atoms with E-state index >= 15 is 0 Å². The van der Waals surface area contributed by atoms with E-state index in [-0.39, 0.29) is 5.54 Å². The molecule has 0 radical (unpaired) electrons. The van der Waals surface area contributed by atoms with Gasteiger partial charge in [0.1, 0.15) is 0 Å². The van der Waals surface area contributed by atoms with Crippen LogP contribution in [0.15, 0.2) is 30.3 Å². The molecule has 0 aliphatic heterocycles. The van der Waals surface area contributed by atoms with Crippen LogP contribution in [0.1, 0.15) is 64.4 Å². The molecule has 1 aliphatic rings. The van der Waals surface area contributed by atoms with Crippen LogP contribution in [-0.2, 0) is 6.42 Å². The van der Waals surface area contributed by atoms with Gasteiger partial charge < -0.3 is 5.73 Å². The Bertz CT molecular complexity index is 384. The quantitative estimate of drug-likeness (QED) is 0.780. The van der Waals surface area contributed by atoms with Gasteiger partial charge in [0.25, 0.3) is 0 Å². The van der Waals surface area contributed by atoms with E-state index in [1.165, 1.54) is 56.9 Å². The van der Waals surface area contributed by atoms with Gasteiger partial charge in [0.2, 0.25) is 0 Å². The van der Waals surface area contributed by atoms with Crippen LogP contribution in [0.2, 0.25) is 0 Å². The lowest BCUT2D eigenvalue weighted by molar-refractivity contribution is 0.189. The van der Waals surface area contributed by atoms with Crippen LogP contribution in [0.3, 0.4) is 0 Å². The minimum atomic E-state index is 0.118. The summed E-state index contributed by atoms with van der Waals surface area (Å²) in [7, 11) is 0. The van der Waals surface area contributed by atoms with Gasteiger partial charge in [-0.3, -0.25) is 0 Å². The van der Waals surface area contributed by atoms with Gasteiger partial charge in [0.15, 0.2) is 0 Å². The summed E-state index contributed by atoms with van der Waals surface area (Å²) in [5, 5.41) is 0. The normalized spacial score (nSPS) is 26.9. The first-order valence-electron chi connectivity index (χ1n) is 8.40. The summed E-state index contributed by atoms with van der Waals surface area (Å²) >= 11 is 0. The van der Waals surface area contributed by atoms with Crippen molar-refractivity contribution in [3.63, 3.8) is 0 Å². The van der Waals surface area contributed by atoms with Crippen molar-refractivity contribution in [2.45, 2.75) is 70.8 Å². The van der Waals surface area contributed by atoms with Crippen molar-refractivity contribution in [2.75, 3.05) is 0 Å². The van der Waals surface area contributed by atoms with Crippen LogP contribution in [0.4, 0.5) is 0 Å². The van der Waals surface area contributed by atoms with Crippen molar-refractivity contribution >= 4 is 0 Å². The van der Waals surface area contributed by atoms with E-state index < -0.39 is 0 Å². The maximum atomic E-state index is 6.69. The molecule has 1 fully saturated rings. The second-order valence-electron chi connectivity index (χ2n) is 7.29. The van der Waals surface area contributed by atoms with E-state index in [2.05, 4.69) is 44.2 Å². The van der Waals surface area contributed by atoms with Crippen molar-refractivity contribution in [1.82, 2.24) is 0 Å². The third-order valence-corrected chi connectivity index (χ3v) is 4.77. The Morgan fingerprint density at radius 2 is 2.00 bits per heavy atom. The summed E-state index contributed by atoms with van der Waals surface area (Å²) in [6, 6.07) is 10.8. The van der Waals surface area contributed by atoms with E-state index in [1.807, 2.05) is 0 Å². The average molecular weight is 273 g/mol. The highest BCUT2D eigenvalue weighted by Gasteiger charge is 2.32. The molecule has 2 rings (SSSR count). The summed E-state index contributed by atoms with van der Waals surface area (Å²) in [4.78, 5) is 0. The number of hydrogen-bond acceptors (Lipinski definition) is 1. The Morgan fingerprint density at radius 1 is 1.25 bits per heavy atom. The zero-order valence-corrected chi connectivity index (χ0v) is 13.3.